The zero-order chi connectivity index (χ0) is 15.4. The Bertz CT molecular complexity index is 654. The Morgan fingerprint density at radius 2 is 1.71 bits per heavy atom. The van der Waals surface area contributed by atoms with E-state index in [1.54, 1.807) is 37.3 Å². The van der Waals surface area contributed by atoms with Crippen LogP contribution in [-0.4, -0.2) is 17.1 Å². The van der Waals surface area contributed by atoms with Gasteiger partial charge < -0.3 is 14.6 Å². The second-order valence-electron chi connectivity index (χ2n) is 4.37. The van der Waals surface area contributed by atoms with Crippen molar-refractivity contribution in [2.75, 3.05) is 7.11 Å². The number of benzene rings is 2. The molecule has 0 aliphatic rings. The number of methoxy groups -OCH3 is 1. The molecule has 0 heterocycles. The molecule has 110 valence electrons. The lowest BCUT2D eigenvalue weighted by Crippen LogP contribution is -2.01. The molecule has 6 nitrogen and oxygen atoms in total. The molecule has 0 saturated heterocycles. The number of nitro groups is 1. The lowest BCUT2D eigenvalue weighted by Gasteiger charge is -2.16. The highest BCUT2D eigenvalue weighted by Crippen LogP contribution is 2.38. The molecule has 1 unspecified atom stereocenters. The van der Waals surface area contributed by atoms with E-state index < -0.39 is 11.0 Å². The predicted octanol–water partition coefficient (Wildman–Crippen LogP) is 3.45. The number of nitro benzene ring substituents is 1. The van der Waals surface area contributed by atoms with E-state index in [4.69, 9.17) is 9.47 Å². The van der Waals surface area contributed by atoms with E-state index in [9.17, 15) is 15.2 Å². The maximum atomic E-state index is 11.0. The van der Waals surface area contributed by atoms with Gasteiger partial charge in [-0.1, -0.05) is 18.2 Å². The topological polar surface area (TPSA) is 81.8 Å². The molecule has 2 aromatic carbocycles. The van der Waals surface area contributed by atoms with E-state index in [-0.39, 0.29) is 11.4 Å². The minimum absolute atomic E-state index is 0.109. The van der Waals surface area contributed by atoms with Crippen molar-refractivity contribution >= 4 is 5.69 Å². The summed E-state index contributed by atoms with van der Waals surface area (Å²) >= 11 is 0. The summed E-state index contributed by atoms with van der Waals surface area (Å²) in [5.74, 6) is 0.886. The van der Waals surface area contributed by atoms with E-state index in [1.165, 1.54) is 19.2 Å². The highest BCUT2D eigenvalue weighted by atomic mass is 16.6. The van der Waals surface area contributed by atoms with Crippen molar-refractivity contribution in [3.05, 3.63) is 58.1 Å². The van der Waals surface area contributed by atoms with Crippen LogP contribution < -0.4 is 9.47 Å². The first-order valence-corrected chi connectivity index (χ1v) is 6.30. The molecule has 0 radical (unpaired) electrons. The molecule has 1 N–H and O–H groups in total. The molecule has 0 spiro atoms. The van der Waals surface area contributed by atoms with E-state index in [2.05, 4.69) is 0 Å². The first-order chi connectivity index (χ1) is 10.0. The zero-order valence-electron chi connectivity index (χ0n) is 11.6. The number of aliphatic hydroxyl groups excluding tert-OH is 1. The molecular formula is C15H15NO5. The first kappa shape index (κ1) is 14.8. The summed E-state index contributed by atoms with van der Waals surface area (Å²) in [4.78, 5) is 10.5. The van der Waals surface area contributed by atoms with Gasteiger partial charge in [-0.15, -0.1) is 0 Å². The SMILES string of the molecule is COc1cccc(Oc2ccccc2[N+](=O)[O-])c1C(C)O. The van der Waals surface area contributed by atoms with Crippen LogP contribution in [0.3, 0.4) is 0 Å². The number of aliphatic hydroxyl groups is 1. The summed E-state index contributed by atoms with van der Waals surface area (Å²) < 4.78 is 10.8. The Kier molecular flexibility index (Phi) is 4.39. The number of ether oxygens (including phenoxy) is 2. The molecule has 0 fully saturated rings. The van der Waals surface area contributed by atoms with Crippen LogP contribution in [0.1, 0.15) is 18.6 Å². The highest BCUT2D eigenvalue weighted by molar-refractivity contribution is 5.52. The number of hydrogen-bond donors (Lipinski definition) is 1. The number of hydrogen-bond acceptors (Lipinski definition) is 5. The van der Waals surface area contributed by atoms with Crippen LogP contribution in [0.15, 0.2) is 42.5 Å². The Morgan fingerprint density at radius 1 is 1.10 bits per heavy atom. The second kappa shape index (κ2) is 6.23. The smallest absolute Gasteiger partial charge is 0.311 e. The van der Waals surface area contributed by atoms with Crippen LogP contribution in [0.4, 0.5) is 5.69 Å². The van der Waals surface area contributed by atoms with Crippen LogP contribution in [0.2, 0.25) is 0 Å². The molecule has 0 amide bonds. The maximum absolute atomic E-state index is 11.0. The van der Waals surface area contributed by atoms with Gasteiger partial charge in [0.1, 0.15) is 11.5 Å². The Balaban J connectivity index is 2.48. The summed E-state index contributed by atoms with van der Waals surface area (Å²) in [7, 11) is 1.48. The van der Waals surface area contributed by atoms with Gasteiger partial charge in [-0.25, -0.2) is 0 Å². The lowest BCUT2D eigenvalue weighted by molar-refractivity contribution is -0.385. The Labute approximate surface area is 121 Å². The predicted molar refractivity (Wildman–Crippen MR) is 76.8 cm³/mol. The maximum Gasteiger partial charge on any atom is 0.311 e. The molecule has 1 atom stereocenters. The van der Waals surface area contributed by atoms with Gasteiger partial charge in [-0.05, 0) is 25.1 Å². The Hall–Kier alpha value is -2.60. The van der Waals surface area contributed by atoms with Crippen molar-refractivity contribution in [2.24, 2.45) is 0 Å². The molecule has 2 rings (SSSR count). The third-order valence-electron chi connectivity index (χ3n) is 2.95. The fourth-order valence-corrected chi connectivity index (χ4v) is 2.02. The number of nitrogens with zero attached hydrogens (tertiary/aromatic N) is 1. The normalized spacial score (nSPS) is 11.8. The summed E-state index contributed by atoms with van der Waals surface area (Å²) in [6.45, 7) is 1.57. The van der Waals surface area contributed by atoms with Crippen LogP contribution >= 0.6 is 0 Å². The third kappa shape index (κ3) is 3.11. The van der Waals surface area contributed by atoms with Crippen molar-refractivity contribution in [1.82, 2.24) is 0 Å². The van der Waals surface area contributed by atoms with E-state index in [1.807, 2.05) is 0 Å². The summed E-state index contributed by atoms with van der Waals surface area (Å²) in [6, 6.07) is 11.1. The van der Waals surface area contributed by atoms with E-state index in [0.29, 0.717) is 17.1 Å². The van der Waals surface area contributed by atoms with Gasteiger partial charge in [0.25, 0.3) is 0 Å². The lowest BCUT2D eigenvalue weighted by atomic mass is 10.1. The van der Waals surface area contributed by atoms with Crippen molar-refractivity contribution in [2.45, 2.75) is 13.0 Å². The largest absolute Gasteiger partial charge is 0.496 e. The zero-order valence-corrected chi connectivity index (χ0v) is 11.6. The molecule has 0 aliphatic heterocycles. The molecule has 2 aromatic rings. The van der Waals surface area contributed by atoms with Gasteiger partial charge in [-0.3, -0.25) is 10.1 Å². The van der Waals surface area contributed by atoms with Gasteiger partial charge in [0, 0.05) is 6.07 Å². The standard InChI is InChI=1S/C15H15NO5/c1-10(17)15-13(20-2)8-5-9-14(15)21-12-7-4-3-6-11(12)16(18)19/h3-10,17H,1-2H3. The quantitative estimate of drug-likeness (QED) is 0.673. The molecule has 6 heteroatoms. The average Bonchev–Trinajstić information content (AvgIpc) is 2.47. The van der Waals surface area contributed by atoms with Gasteiger partial charge in [0.2, 0.25) is 5.75 Å². The van der Waals surface area contributed by atoms with Crippen LogP contribution in [0.25, 0.3) is 0 Å². The molecule has 0 bridgehead atoms. The van der Waals surface area contributed by atoms with Gasteiger partial charge in [0.05, 0.1) is 23.7 Å². The van der Waals surface area contributed by atoms with E-state index >= 15 is 0 Å². The fraction of sp³-hybridized carbons (Fsp3) is 0.200. The summed E-state index contributed by atoms with van der Waals surface area (Å²) in [5.41, 5.74) is 0.301. The van der Waals surface area contributed by atoms with Crippen LogP contribution in [-0.2, 0) is 0 Å². The fourth-order valence-electron chi connectivity index (χ4n) is 2.02. The van der Waals surface area contributed by atoms with Gasteiger partial charge >= 0.3 is 5.69 Å². The number of para-hydroxylation sites is 2. The minimum atomic E-state index is -0.834. The van der Waals surface area contributed by atoms with Gasteiger partial charge in [0.15, 0.2) is 0 Å². The van der Waals surface area contributed by atoms with Crippen LogP contribution in [0, 0.1) is 10.1 Å². The minimum Gasteiger partial charge on any atom is -0.496 e. The molecule has 0 aromatic heterocycles. The van der Waals surface area contributed by atoms with Crippen molar-refractivity contribution in [3.63, 3.8) is 0 Å². The molecule has 0 aliphatic carbocycles. The van der Waals surface area contributed by atoms with Crippen molar-refractivity contribution in [1.29, 1.82) is 0 Å². The monoisotopic (exact) mass is 289 g/mol. The van der Waals surface area contributed by atoms with Crippen molar-refractivity contribution < 1.29 is 19.5 Å². The van der Waals surface area contributed by atoms with Crippen molar-refractivity contribution in [3.8, 4) is 17.2 Å². The molecule has 0 saturated carbocycles. The first-order valence-electron chi connectivity index (χ1n) is 6.30. The summed E-state index contributed by atoms with van der Waals surface area (Å²) in [6.07, 6.45) is -0.834. The third-order valence-corrected chi connectivity index (χ3v) is 2.95. The molecule has 21 heavy (non-hydrogen) atoms. The van der Waals surface area contributed by atoms with Gasteiger partial charge in [-0.2, -0.15) is 0 Å². The number of rotatable bonds is 5. The van der Waals surface area contributed by atoms with Crippen LogP contribution in [0.5, 0.6) is 17.2 Å². The molecular weight excluding hydrogens is 274 g/mol. The second-order valence-corrected chi connectivity index (χ2v) is 4.37. The average molecular weight is 289 g/mol. The summed E-state index contributed by atoms with van der Waals surface area (Å²) in [5, 5.41) is 20.9. The van der Waals surface area contributed by atoms with E-state index in [0.717, 1.165) is 0 Å². The Morgan fingerprint density at radius 3 is 2.33 bits per heavy atom. The highest BCUT2D eigenvalue weighted by Gasteiger charge is 2.19.